The number of rotatable bonds is 0. The zero-order chi connectivity index (χ0) is 12.2. The van der Waals surface area contributed by atoms with Crippen LogP contribution in [0.4, 0.5) is 0 Å². The van der Waals surface area contributed by atoms with E-state index >= 15 is 0 Å². The van der Waals surface area contributed by atoms with E-state index in [0.717, 1.165) is 57.8 Å². The number of hydrogen-bond donors (Lipinski definition) is 1. The standard InChI is InChI=1S/C16H26O/c17-16-14-12-10-8-6-4-2-1-3-5-7-9-11-13-15-16/h1-2,7-10,16-17H,3-6,11-15H2/b2-1-,9-7-,10-8-. The monoisotopic (exact) mass is 234 g/mol. The topological polar surface area (TPSA) is 20.2 Å². The van der Waals surface area contributed by atoms with Crippen molar-refractivity contribution in [2.75, 3.05) is 0 Å². The Balaban J connectivity index is 2.30. The van der Waals surface area contributed by atoms with Gasteiger partial charge in [0.25, 0.3) is 0 Å². The van der Waals surface area contributed by atoms with Gasteiger partial charge in [0, 0.05) is 0 Å². The lowest BCUT2D eigenvalue weighted by Crippen LogP contribution is -2.04. The maximum absolute atomic E-state index is 9.75. The fourth-order valence-electron chi connectivity index (χ4n) is 2.00. The summed E-state index contributed by atoms with van der Waals surface area (Å²) in [6.45, 7) is 0. The molecule has 1 unspecified atom stereocenters. The van der Waals surface area contributed by atoms with Crippen LogP contribution in [-0.4, -0.2) is 11.2 Å². The third-order valence-electron chi connectivity index (χ3n) is 3.07. The van der Waals surface area contributed by atoms with Gasteiger partial charge in [-0.3, -0.25) is 0 Å². The minimum atomic E-state index is -0.110. The van der Waals surface area contributed by atoms with E-state index < -0.39 is 0 Å². The molecule has 0 bridgehead atoms. The highest BCUT2D eigenvalue weighted by Crippen LogP contribution is 2.09. The Bertz CT molecular complexity index is 250. The van der Waals surface area contributed by atoms with E-state index in [1.54, 1.807) is 0 Å². The summed E-state index contributed by atoms with van der Waals surface area (Å²) in [5.41, 5.74) is 0. The van der Waals surface area contributed by atoms with Gasteiger partial charge >= 0.3 is 0 Å². The van der Waals surface area contributed by atoms with Gasteiger partial charge in [0.05, 0.1) is 6.10 Å². The molecule has 0 aliphatic heterocycles. The van der Waals surface area contributed by atoms with Crippen LogP contribution in [0, 0.1) is 0 Å². The lowest BCUT2D eigenvalue weighted by Gasteiger charge is -2.07. The molecule has 1 nitrogen and oxygen atoms in total. The van der Waals surface area contributed by atoms with Crippen molar-refractivity contribution < 1.29 is 5.11 Å². The first-order valence-corrected chi connectivity index (χ1v) is 7.02. The molecule has 1 N–H and O–H groups in total. The first-order chi connectivity index (χ1) is 8.39. The highest BCUT2D eigenvalue weighted by Gasteiger charge is 2.01. The van der Waals surface area contributed by atoms with Gasteiger partial charge in [-0.15, -0.1) is 0 Å². The van der Waals surface area contributed by atoms with Crippen molar-refractivity contribution >= 4 is 0 Å². The fourth-order valence-corrected chi connectivity index (χ4v) is 2.00. The van der Waals surface area contributed by atoms with Crippen LogP contribution in [0.15, 0.2) is 36.5 Å². The van der Waals surface area contributed by atoms with Crippen molar-refractivity contribution in [3.63, 3.8) is 0 Å². The summed E-state index contributed by atoms with van der Waals surface area (Å²) >= 11 is 0. The molecule has 0 saturated heterocycles. The average molecular weight is 234 g/mol. The van der Waals surface area contributed by atoms with Gasteiger partial charge in [0.2, 0.25) is 0 Å². The normalized spacial score (nSPS) is 30.5. The zero-order valence-electron chi connectivity index (χ0n) is 10.9. The third-order valence-corrected chi connectivity index (χ3v) is 3.07. The van der Waals surface area contributed by atoms with E-state index in [9.17, 15) is 5.11 Å². The summed E-state index contributed by atoms with van der Waals surface area (Å²) in [5, 5.41) is 9.75. The first-order valence-electron chi connectivity index (χ1n) is 7.02. The minimum Gasteiger partial charge on any atom is -0.393 e. The number of aliphatic hydroxyl groups is 1. The van der Waals surface area contributed by atoms with Crippen LogP contribution in [0.3, 0.4) is 0 Å². The second-order valence-corrected chi connectivity index (χ2v) is 4.73. The molecule has 0 radical (unpaired) electrons. The summed E-state index contributed by atoms with van der Waals surface area (Å²) in [4.78, 5) is 0. The van der Waals surface area contributed by atoms with Gasteiger partial charge in [-0.1, -0.05) is 36.5 Å². The Morgan fingerprint density at radius 2 is 1.06 bits per heavy atom. The smallest absolute Gasteiger partial charge is 0.0543 e. The molecule has 0 aromatic carbocycles. The molecule has 1 aliphatic rings. The quantitative estimate of drug-likeness (QED) is 0.610. The van der Waals surface area contributed by atoms with Gasteiger partial charge < -0.3 is 5.11 Å². The second-order valence-electron chi connectivity index (χ2n) is 4.73. The van der Waals surface area contributed by atoms with Crippen LogP contribution in [0.2, 0.25) is 0 Å². The molecular formula is C16H26O. The van der Waals surface area contributed by atoms with Crippen LogP contribution < -0.4 is 0 Å². The van der Waals surface area contributed by atoms with E-state index in [0.29, 0.717) is 0 Å². The van der Waals surface area contributed by atoms with Gasteiger partial charge in [0.15, 0.2) is 0 Å². The molecule has 0 spiro atoms. The van der Waals surface area contributed by atoms with E-state index in [2.05, 4.69) is 36.5 Å². The fraction of sp³-hybridized carbons (Fsp3) is 0.625. The number of allylic oxidation sites excluding steroid dienone is 6. The van der Waals surface area contributed by atoms with Crippen LogP contribution in [0.25, 0.3) is 0 Å². The van der Waals surface area contributed by atoms with Gasteiger partial charge in [-0.25, -0.2) is 0 Å². The van der Waals surface area contributed by atoms with E-state index in [1.807, 2.05) is 0 Å². The summed E-state index contributed by atoms with van der Waals surface area (Å²) in [6.07, 6.45) is 23.1. The molecule has 1 rings (SSSR count). The van der Waals surface area contributed by atoms with Crippen LogP contribution in [-0.2, 0) is 0 Å². The SMILES string of the molecule is OC1CC/C=C\CC/C=C\CC/C=C\CCC1. The molecule has 0 amide bonds. The summed E-state index contributed by atoms with van der Waals surface area (Å²) < 4.78 is 0. The predicted molar refractivity (Wildman–Crippen MR) is 75.0 cm³/mol. The highest BCUT2D eigenvalue weighted by atomic mass is 16.3. The van der Waals surface area contributed by atoms with Crippen LogP contribution >= 0.6 is 0 Å². The number of hydrogen-bond acceptors (Lipinski definition) is 1. The van der Waals surface area contributed by atoms with Crippen LogP contribution in [0.5, 0.6) is 0 Å². The number of aliphatic hydroxyl groups excluding tert-OH is 1. The Hall–Kier alpha value is -0.820. The van der Waals surface area contributed by atoms with E-state index in [-0.39, 0.29) is 6.10 Å². The molecule has 1 atom stereocenters. The molecule has 0 aromatic rings. The average Bonchev–Trinajstić information content (AvgIpc) is 2.32. The van der Waals surface area contributed by atoms with Crippen molar-refractivity contribution in [3.8, 4) is 0 Å². The molecule has 0 aromatic heterocycles. The maximum Gasteiger partial charge on any atom is 0.0543 e. The highest BCUT2D eigenvalue weighted by molar-refractivity contribution is 4.91. The first kappa shape index (κ1) is 14.2. The predicted octanol–water partition coefficient (Wildman–Crippen LogP) is 4.54. The summed E-state index contributed by atoms with van der Waals surface area (Å²) in [7, 11) is 0. The van der Waals surface area contributed by atoms with Gasteiger partial charge in [-0.2, -0.15) is 0 Å². The van der Waals surface area contributed by atoms with Crippen molar-refractivity contribution in [2.24, 2.45) is 0 Å². The Morgan fingerprint density at radius 1 is 0.588 bits per heavy atom. The summed E-state index contributed by atoms with van der Waals surface area (Å²) in [5.74, 6) is 0. The Morgan fingerprint density at radius 3 is 1.65 bits per heavy atom. The van der Waals surface area contributed by atoms with Crippen LogP contribution in [0.1, 0.15) is 57.8 Å². The molecule has 17 heavy (non-hydrogen) atoms. The van der Waals surface area contributed by atoms with Gasteiger partial charge in [-0.05, 0) is 57.8 Å². The molecule has 1 aliphatic carbocycles. The van der Waals surface area contributed by atoms with Crippen molar-refractivity contribution in [1.82, 2.24) is 0 Å². The second kappa shape index (κ2) is 10.3. The van der Waals surface area contributed by atoms with Crippen molar-refractivity contribution in [2.45, 2.75) is 63.9 Å². The lowest BCUT2D eigenvalue weighted by atomic mass is 10.1. The van der Waals surface area contributed by atoms with Crippen molar-refractivity contribution in [3.05, 3.63) is 36.5 Å². The third kappa shape index (κ3) is 8.93. The van der Waals surface area contributed by atoms with E-state index in [4.69, 9.17) is 0 Å². The molecule has 96 valence electrons. The Kier molecular flexibility index (Phi) is 8.66. The van der Waals surface area contributed by atoms with Crippen molar-refractivity contribution in [1.29, 1.82) is 0 Å². The summed E-state index contributed by atoms with van der Waals surface area (Å²) in [6, 6.07) is 0. The maximum atomic E-state index is 9.75. The lowest BCUT2D eigenvalue weighted by molar-refractivity contribution is 0.153. The molecule has 0 heterocycles. The van der Waals surface area contributed by atoms with E-state index in [1.165, 1.54) is 0 Å². The Labute approximate surface area is 106 Å². The molecule has 1 heteroatoms. The largest absolute Gasteiger partial charge is 0.393 e. The van der Waals surface area contributed by atoms with Gasteiger partial charge in [0.1, 0.15) is 0 Å². The zero-order valence-corrected chi connectivity index (χ0v) is 10.9. The molecular weight excluding hydrogens is 208 g/mol. The molecule has 0 fully saturated rings. The minimum absolute atomic E-state index is 0.110. The molecule has 0 saturated carbocycles.